The molecule has 1 fully saturated rings. The Bertz CT molecular complexity index is 815. The van der Waals surface area contributed by atoms with Crippen LogP contribution in [0.3, 0.4) is 0 Å². The van der Waals surface area contributed by atoms with Gasteiger partial charge in [-0.15, -0.1) is 0 Å². The summed E-state index contributed by atoms with van der Waals surface area (Å²) in [6.45, 7) is 3.50. The first-order valence-electron chi connectivity index (χ1n) is 9.11. The lowest BCUT2D eigenvalue weighted by Crippen LogP contribution is -2.35. The molecule has 0 aliphatic carbocycles. The number of likely N-dealkylation sites (tertiary alicyclic amines) is 1. The predicted molar refractivity (Wildman–Crippen MR) is 109 cm³/mol. The molecule has 2 aromatic rings. The number of amides is 2. The highest BCUT2D eigenvalue weighted by molar-refractivity contribution is 9.10. The van der Waals surface area contributed by atoms with Crippen molar-refractivity contribution in [2.24, 2.45) is 0 Å². The number of aryl methyl sites for hydroxylation is 1. The molecule has 0 atom stereocenters. The molecule has 0 bridgehead atoms. The zero-order valence-corrected chi connectivity index (χ0v) is 16.9. The van der Waals surface area contributed by atoms with Gasteiger partial charge in [-0.3, -0.25) is 9.59 Å². The molecule has 0 saturated carbocycles. The molecular formula is C21H23BrN2O3. The zero-order chi connectivity index (χ0) is 19.2. The van der Waals surface area contributed by atoms with Gasteiger partial charge < -0.3 is 15.0 Å². The van der Waals surface area contributed by atoms with Crippen LogP contribution in [0.5, 0.6) is 5.75 Å². The van der Waals surface area contributed by atoms with Crippen LogP contribution in [0.15, 0.2) is 46.9 Å². The maximum atomic E-state index is 12.5. The SMILES string of the molecule is Cc1cc(Br)ccc1OCC(=O)Nc1ccc(C(=O)N2CCCCC2)cc1. The highest BCUT2D eigenvalue weighted by Gasteiger charge is 2.18. The number of hydrogen-bond acceptors (Lipinski definition) is 3. The second kappa shape index (κ2) is 9.04. The lowest BCUT2D eigenvalue weighted by Gasteiger charge is -2.26. The summed E-state index contributed by atoms with van der Waals surface area (Å²) in [6, 6.07) is 12.6. The number of anilines is 1. The van der Waals surface area contributed by atoms with Crippen LogP contribution in [0, 0.1) is 6.92 Å². The highest BCUT2D eigenvalue weighted by atomic mass is 79.9. The summed E-state index contributed by atoms with van der Waals surface area (Å²) >= 11 is 3.40. The molecule has 2 amide bonds. The first kappa shape index (κ1) is 19.4. The molecule has 1 aliphatic heterocycles. The summed E-state index contributed by atoms with van der Waals surface area (Å²) in [5, 5.41) is 2.79. The van der Waals surface area contributed by atoms with E-state index in [0.717, 1.165) is 36.0 Å². The van der Waals surface area contributed by atoms with E-state index in [1.807, 2.05) is 30.0 Å². The van der Waals surface area contributed by atoms with Crippen molar-refractivity contribution in [1.82, 2.24) is 4.90 Å². The average molecular weight is 431 g/mol. The van der Waals surface area contributed by atoms with E-state index in [1.54, 1.807) is 24.3 Å². The molecule has 0 spiro atoms. The Morgan fingerprint density at radius 2 is 1.78 bits per heavy atom. The van der Waals surface area contributed by atoms with Gasteiger partial charge >= 0.3 is 0 Å². The normalized spacial score (nSPS) is 13.9. The van der Waals surface area contributed by atoms with E-state index >= 15 is 0 Å². The first-order chi connectivity index (χ1) is 13.0. The van der Waals surface area contributed by atoms with E-state index in [9.17, 15) is 9.59 Å². The maximum absolute atomic E-state index is 12.5. The molecule has 1 aliphatic rings. The van der Waals surface area contributed by atoms with Gasteiger partial charge in [0.2, 0.25) is 0 Å². The van der Waals surface area contributed by atoms with Crippen LogP contribution in [0.1, 0.15) is 35.2 Å². The van der Waals surface area contributed by atoms with E-state index in [2.05, 4.69) is 21.2 Å². The summed E-state index contributed by atoms with van der Waals surface area (Å²) in [7, 11) is 0. The fraction of sp³-hybridized carbons (Fsp3) is 0.333. The molecule has 142 valence electrons. The minimum atomic E-state index is -0.243. The Balaban J connectivity index is 1.52. The molecule has 27 heavy (non-hydrogen) atoms. The number of halogens is 1. The number of nitrogens with one attached hydrogen (secondary N) is 1. The van der Waals surface area contributed by atoms with Crippen LogP contribution in [0.4, 0.5) is 5.69 Å². The molecule has 5 nitrogen and oxygen atoms in total. The Morgan fingerprint density at radius 3 is 2.44 bits per heavy atom. The molecule has 0 aromatic heterocycles. The van der Waals surface area contributed by atoms with Gasteiger partial charge in [0, 0.05) is 28.8 Å². The van der Waals surface area contributed by atoms with Gasteiger partial charge in [-0.1, -0.05) is 15.9 Å². The minimum absolute atomic E-state index is 0.0571. The summed E-state index contributed by atoms with van der Waals surface area (Å²) in [5.41, 5.74) is 2.25. The molecule has 1 N–H and O–H groups in total. The van der Waals surface area contributed by atoms with Crippen LogP contribution in [0.2, 0.25) is 0 Å². The number of benzene rings is 2. The molecule has 1 heterocycles. The van der Waals surface area contributed by atoms with Crippen LogP contribution in [0.25, 0.3) is 0 Å². The van der Waals surface area contributed by atoms with E-state index in [4.69, 9.17) is 4.74 Å². The number of piperidine rings is 1. The Kier molecular flexibility index (Phi) is 6.50. The monoisotopic (exact) mass is 430 g/mol. The summed E-state index contributed by atoms with van der Waals surface area (Å²) in [6.07, 6.45) is 3.33. The van der Waals surface area contributed by atoms with Crippen LogP contribution < -0.4 is 10.1 Å². The fourth-order valence-electron chi connectivity index (χ4n) is 3.09. The molecule has 0 radical (unpaired) electrons. The van der Waals surface area contributed by atoms with Crippen LogP contribution >= 0.6 is 15.9 Å². The Hall–Kier alpha value is -2.34. The van der Waals surface area contributed by atoms with Crippen molar-refractivity contribution in [3.05, 3.63) is 58.1 Å². The van der Waals surface area contributed by atoms with Crippen molar-refractivity contribution in [2.75, 3.05) is 25.0 Å². The van der Waals surface area contributed by atoms with Gasteiger partial charge in [-0.2, -0.15) is 0 Å². The summed E-state index contributed by atoms with van der Waals surface area (Å²) in [5.74, 6) is 0.491. The van der Waals surface area contributed by atoms with E-state index < -0.39 is 0 Å². The topological polar surface area (TPSA) is 58.6 Å². The van der Waals surface area contributed by atoms with Gasteiger partial charge in [0.15, 0.2) is 6.61 Å². The van der Waals surface area contributed by atoms with Crippen molar-refractivity contribution in [1.29, 1.82) is 0 Å². The van der Waals surface area contributed by atoms with Crippen LogP contribution in [-0.2, 0) is 4.79 Å². The van der Waals surface area contributed by atoms with Crippen molar-refractivity contribution < 1.29 is 14.3 Å². The number of nitrogens with zero attached hydrogens (tertiary/aromatic N) is 1. The van der Waals surface area contributed by atoms with Gasteiger partial charge in [0.1, 0.15) is 5.75 Å². The fourth-order valence-corrected chi connectivity index (χ4v) is 3.57. The average Bonchev–Trinajstić information content (AvgIpc) is 2.68. The number of hydrogen-bond donors (Lipinski definition) is 1. The first-order valence-corrected chi connectivity index (χ1v) is 9.90. The Labute approximate surface area is 167 Å². The zero-order valence-electron chi connectivity index (χ0n) is 15.3. The van der Waals surface area contributed by atoms with Crippen molar-refractivity contribution >= 4 is 33.4 Å². The lowest BCUT2D eigenvalue weighted by atomic mass is 10.1. The molecule has 3 rings (SSSR count). The van der Waals surface area contributed by atoms with Crippen molar-refractivity contribution in [3.63, 3.8) is 0 Å². The molecule has 0 unspecified atom stereocenters. The standard InChI is InChI=1S/C21H23BrN2O3/c1-15-13-17(22)7-10-19(15)27-14-20(25)23-18-8-5-16(6-9-18)21(26)24-11-3-2-4-12-24/h5-10,13H,2-4,11-12,14H2,1H3,(H,23,25). The number of rotatable bonds is 5. The highest BCUT2D eigenvalue weighted by Crippen LogP contribution is 2.22. The summed E-state index contributed by atoms with van der Waals surface area (Å²) < 4.78 is 6.54. The van der Waals surface area contributed by atoms with Gasteiger partial charge in [-0.25, -0.2) is 0 Å². The van der Waals surface area contributed by atoms with E-state index in [0.29, 0.717) is 17.0 Å². The smallest absolute Gasteiger partial charge is 0.262 e. The maximum Gasteiger partial charge on any atom is 0.262 e. The number of carbonyl (C=O) groups excluding carboxylic acids is 2. The third-order valence-electron chi connectivity index (χ3n) is 4.55. The van der Waals surface area contributed by atoms with E-state index in [1.165, 1.54) is 6.42 Å². The lowest BCUT2D eigenvalue weighted by molar-refractivity contribution is -0.118. The summed E-state index contributed by atoms with van der Waals surface area (Å²) in [4.78, 5) is 26.5. The molecular weight excluding hydrogens is 408 g/mol. The third kappa shape index (κ3) is 5.32. The largest absolute Gasteiger partial charge is 0.483 e. The minimum Gasteiger partial charge on any atom is -0.483 e. The van der Waals surface area contributed by atoms with E-state index in [-0.39, 0.29) is 18.4 Å². The molecule has 2 aromatic carbocycles. The quantitative estimate of drug-likeness (QED) is 0.764. The number of carbonyl (C=O) groups is 2. The van der Waals surface area contributed by atoms with Gasteiger partial charge in [0.25, 0.3) is 11.8 Å². The van der Waals surface area contributed by atoms with Gasteiger partial charge in [-0.05, 0) is 74.2 Å². The second-order valence-electron chi connectivity index (χ2n) is 6.68. The molecule has 6 heteroatoms. The predicted octanol–water partition coefficient (Wildman–Crippen LogP) is 4.40. The Morgan fingerprint density at radius 1 is 1.07 bits per heavy atom. The van der Waals surface area contributed by atoms with Crippen molar-refractivity contribution in [3.8, 4) is 5.75 Å². The van der Waals surface area contributed by atoms with Crippen molar-refractivity contribution in [2.45, 2.75) is 26.2 Å². The van der Waals surface area contributed by atoms with Crippen LogP contribution in [-0.4, -0.2) is 36.4 Å². The second-order valence-corrected chi connectivity index (χ2v) is 7.59. The molecule has 1 saturated heterocycles. The third-order valence-corrected chi connectivity index (χ3v) is 5.05. The van der Waals surface area contributed by atoms with Gasteiger partial charge in [0.05, 0.1) is 0 Å². The number of ether oxygens (including phenoxy) is 1.